The van der Waals surface area contributed by atoms with Gasteiger partial charge in [0.05, 0.1) is 23.3 Å². The highest BCUT2D eigenvalue weighted by Crippen LogP contribution is 2.26. The molecular formula is C17H16N2O2. The summed E-state index contributed by atoms with van der Waals surface area (Å²) in [5, 5.41) is 9.30. The van der Waals surface area contributed by atoms with Gasteiger partial charge in [-0.25, -0.2) is 4.98 Å². The average molecular weight is 280 g/mol. The molecular weight excluding hydrogens is 264 g/mol. The number of fused-ring (bicyclic) bond motifs is 1. The fraction of sp³-hybridized carbons (Fsp3) is 0.176. The van der Waals surface area contributed by atoms with Crippen molar-refractivity contribution in [2.45, 2.75) is 13.5 Å². The first-order valence-electron chi connectivity index (χ1n) is 6.77. The molecule has 0 spiro atoms. The van der Waals surface area contributed by atoms with E-state index in [2.05, 4.69) is 4.98 Å². The van der Waals surface area contributed by atoms with Crippen LogP contribution in [-0.2, 0) is 13.7 Å². The summed E-state index contributed by atoms with van der Waals surface area (Å²) in [4.78, 5) is 16.6. The van der Waals surface area contributed by atoms with Crippen LogP contribution in [0, 0.1) is 6.92 Å². The zero-order valence-corrected chi connectivity index (χ0v) is 12.0. The second-order valence-corrected chi connectivity index (χ2v) is 5.15. The minimum Gasteiger partial charge on any atom is -0.390 e. The van der Waals surface area contributed by atoms with Gasteiger partial charge < -0.3 is 9.67 Å². The van der Waals surface area contributed by atoms with Crippen molar-refractivity contribution in [1.82, 2.24) is 9.55 Å². The van der Waals surface area contributed by atoms with E-state index in [1.807, 2.05) is 37.3 Å². The zero-order chi connectivity index (χ0) is 15.0. The third-order valence-corrected chi connectivity index (χ3v) is 3.64. The van der Waals surface area contributed by atoms with E-state index in [4.69, 9.17) is 0 Å². The van der Waals surface area contributed by atoms with E-state index < -0.39 is 0 Å². The molecule has 3 aromatic rings. The standard InChI is InChI=1S/C17H16N2O2/c1-11-4-3-5-12(8-11)14-9-16(21)19(2)15-7-6-13(10-20)18-17(14)15/h3-9,20H,10H2,1-2H3. The van der Waals surface area contributed by atoms with Crippen LogP contribution in [0.5, 0.6) is 0 Å². The van der Waals surface area contributed by atoms with Gasteiger partial charge >= 0.3 is 0 Å². The third kappa shape index (κ3) is 2.34. The molecule has 1 aromatic carbocycles. The van der Waals surface area contributed by atoms with Gasteiger partial charge in [-0.2, -0.15) is 0 Å². The Morgan fingerprint density at radius 1 is 1.19 bits per heavy atom. The normalized spacial score (nSPS) is 11.0. The van der Waals surface area contributed by atoms with Crippen LogP contribution in [0.25, 0.3) is 22.2 Å². The van der Waals surface area contributed by atoms with Crippen molar-refractivity contribution in [2.75, 3.05) is 0 Å². The Morgan fingerprint density at radius 2 is 2.00 bits per heavy atom. The Balaban J connectivity index is 2.41. The number of pyridine rings is 2. The van der Waals surface area contributed by atoms with Gasteiger partial charge in [0.1, 0.15) is 0 Å². The Morgan fingerprint density at radius 3 is 2.71 bits per heavy atom. The van der Waals surface area contributed by atoms with Crippen molar-refractivity contribution >= 4 is 11.0 Å². The summed E-state index contributed by atoms with van der Waals surface area (Å²) in [5.74, 6) is 0. The topological polar surface area (TPSA) is 55.1 Å². The van der Waals surface area contributed by atoms with Gasteiger partial charge in [0.25, 0.3) is 5.56 Å². The maximum atomic E-state index is 12.2. The monoisotopic (exact) mass is 280 g/mol. The lowest BCUT2D eigenvalue weighted by atomic mass is 10.0. The SMILES string of the molecule is Cc1cccc(-c2cc(=O)n(C)c3ccc(CO)nc23)c1. The fourth-order valence-corrected chi connectivity index (χ4v) is 2.49. The number of hydrogen-bond acceptors (Lipinski definition) is 3. The van der Waals surface area contributed by atoms with Crippen molar-refractivity contribution < 1.29 is 5.11 Å². The van der Waals surface area contributed by atoms with Crippen molar-refractivity contribution in [2.24, 2.45) is 7.05 Å². The predicted octanol–water partition coefficient (Wildman–Crippen LogP) is 2.40. The van der Waals surface area contributed by atoms with Crippen molar-refractivity contribution in [1.29, 1.82) is 0 Å². The minimum atomic E-state index is -0.119. The molecule has 4 heteroatoms. The Bertz CT molecular complexity index is 882. The summed E-state index contributed by atoms with van der Waals surface area (Å²) in [6, 6.07) is 13.1. The second kappa shape index (κ2) is 5.14. The summed E-state index contributed by atoms with van der Waals surface area (Å²) in [6.45, 7) is 1.89. The quantitative estimate of drug-likeness (QED) is 0.784. The molecule has 0 amide bonds. The molecule has 0 bridgehead atoms. The highest BCUT2D eigenvalue weighted by molar-refractivity contribution is 5.91. The van der Waals surface area contributed by atoms with E-state index in [9.17, 15) is 9.90 Å². The summed E-state index contributed by atoms with van der Waals surface area (Å²) in [6.07, 6.45) is 0. The maximum Gasteiger partial charge on any atom is 0.251 e. The maximum absolute atomic E-state index is 12.2. The second-order valence-electron chi connectivity index (χ2n) is 5.15. The summed E-state index contributed by atoms with van der Waals surface area (Å²) in [5.41, 5.74) is 4.89. The molecule has 0 atom stereocenters. The lowest BCUT2D eigenvalue weighted by molar-refractivity contribution is 0.277. The van der Waals surface area contributed by atoms with Gasteiger partial charge in [0, 0.05) is 18.7 Å². The largest absolute Gasteiger partial charge is 0.390 e. The molecule has 0 radical (unpaired) electrons. The van der Waals surface area contributed by atoms with Crippen LogP contribution in [0.15, 0.2) is 47.3 Å². The molecule has 3 rings (SSSR count). The van der Waals surface area contributed by atoms with Crippen molar-refractivity contribution in [3.63, 3.8) is 0 Å². The Hall–Kier alpha value is -2.46. The number of hydrogen-bond donors (Lipinski definition) is 1. The Kier molecular flexibility index (Phi) is 3.31. The molecule has 0 saturated carbocycles. The van der Waals surface area contributed by atoms with E-state index >= 15 is 0 Å². The van der Waals surface area contributed by atoms with Crippen LogP contribution in [0.2, 0.25) is 0 Å². The third-order valence-electron chi connectivity index (χ3n) is 3.64. The minimum absolute atomic E-state index is 0.0717. The predicted molar refractivity (Wildman–Crippen MR) is 83.1 cm³/mol. The first-order valence-corrected chi connectivity index (χ1v) is 6.77. The van der Waals surface area contributed by atoms with Crippen LogP contribution in [0.1, 0.15) is 11.3 Å². The van der Waals surface area contributed by atoms with E-state index in [0.717, 1.165) is 27.7 Å². The molecule has 2 heterocycles. The molecule has 2 aromatic heterocycles. The van der Waals surface area contributed by atoms with Crippen LogP contribution in [0.3, 0.4) is 0 Å². The average Bonchev–Trinajstić information content (AvgIpc) is 2.50. The summed E-state index contributed by atoms with van der Waals surface area (Å²) < 4.78 is 1.57. The first kappa shape index (κ1) is 13.5. The number of aliphatic hydroxyl groups is 1. The van der Waals surface area contributed by atoms with E-state index in [0.29, 0.717) is 5.69 Å². The number of rotatable bonds is 2. The number of benzene rings is 1. The molecule has 0 aliphatic rings. The van der Waals surface area contributed by atoms with Gasteiger partial charge in [-0.3, -0.25) is 4.79 Å². The first-order chi connectivity index (χ1) is 10.1. The Labute approximate surface area is 122 Å². The molecule has 0 fully saturated rings. The number of aromatic nitrogens is 2. The van der Waals surface area contributed by atoms with Crippen molar-refractivity contribution in [3.05, 3.63) is 64.1 Å². The van der Waals surface area contributed by atoms with E-state index in [1.165, 1.54) is 0 Å². The molecule has 21 heavy (non-hydrogen) atoms. The molecule has 0 saturated heterocycles. The van der Waals surface area contributed by atoms with Crippen molar-refractivity contribution in [3.8, 4) is 11.1 Å². The smallest absolute Gasteiger partial charge is 0.251 e. The van der Waals surface area contributed by atoms with Crippen LogP contribution in [0.4, 0.5) is 0 Å². The lowest BCUT2D eigenvalue weighted by Gasteiger charge is -2.11. The molecule has 4 nitrogen and oxygen atoms in total. The van der Waals surface area contributed by atoms with Gasteiger partial charge in [-0.05, 0) is 24.6 Å². The molecule has 0 unspecified atom stereocenters. The van der Waals surface area contributed by atoms with Crippen LogP contribution in [-0.4, -0.2) is 14.7 Å². The summed E-state index contributed by atoms with van der Waals surface area (Å²) in [7, 11) is 1.73. The van der Waals surface area contributed by atoms with E-state index in [-0.39, 0.29) is 12.2 Å². The zero-order valence-electron chi connectivity index (χ0n) is 12.0. The molecule has 106 valence electrons. The number of nitrogens with zero attached hydrogens (tertiary/aromatic N) is 2. The van der Waals surface area contributed by atoms with Crippen LogP contribution < -0.4 is 5.56 Å². The molecule has 0 aliphatic carbocycles. The van der Waals surface area contributed by atoms with Crippen LogP contribution >= 0.6 is 0 Å². The summed E-state index contributed by atoms with van der Waals surface area (Å²) >= 11 is 0. The number of aryl methyl sites for hydroxylation is 2. The van der Waals surface area contributed by atoms with E-state index in [1.54, 1.807) is 23.7 Å². The fourth-order valence-electron chi connectivity index (χ4n) is 2.49. The highest BCUT2D eigenvalue weighted by atomic mass is 16.3. The van der Waals surface area contributed by atoms with Gasteiger partial charge in [-0.15, -0.1) is 0 Å². The van der Waals surface area contributed by atoms with Gasteiger partial charge in [0.2, 0.25) is 0 Å². The number of aliphatic hydroxyl groups excluding tert-OH is 1. The highest BCUT2D eigenvalue weighted by Gasteiger charge is 2.11. The molecule has 1 N–H and O–H groups in total. The van der Waals surface area contributed by atoms with Gasteiger partial charge in [0.15, 0.2) is 0 Å². The van der Waals surface area contributed by atoms with Gasteiger partial charge in [-0.1, -0.05) is 29.8 Å². The molecule has 0 aliphatic heterocycles. The lowest BCUT2D eigenvalue weighted by Crippen LogP contribution is -2.17.